The Morgan fingerprint density at radius 3 is 2.46 bits per heavy atom. The molecular formula is C22H24ClN3. The van der Waals surface area contributed by atoms with E-state index in [0.717, 1.165) is 34.3 Å². The highest BCUT2D eigenvalue weighted by molar-refractivity contribution is 6.30. The van der Waals surface area contributed by atoms with Gasteiger partial charge in [-0.05, 0) is 67.9 Å². The van der Waals surface area contributed by atoms with Gasteiger partial charge in [-0.25, -0.2) is 4.98 Å². The predicted molar refractivity (Wildman–Crippen MR) is 106 cm³/mol. The number of benzene rings is 2. The Kier molecular flexibility index (Phi) is 4.22. The molecule has 2 aromatic carbocycles. The molecule has 3 heterocycles. The number of aromatic amines is 1. The highest BCUT2D eigenvalue weighted by Crippen LogP contribution is 2.40. The van der Waals surface area contributed by atoms with Gasteiger partial charge in [-0.1, -0.05) is 35.9 Å². The van der Waals surface area contributed by atoms with E-state index in [9.17, 15) is 0 Å². The number of nitrogens with zero attached hydrogens (tertiary/aromatic N) is 2. The van der Waals surface area contributed by atoms with E-state index in [4.69, 9.17) is 16.6 Å². The van der Waals surface area contributed by atoms with Gasteiger partial charge >= 0.3 is 0 Å². The summed E-state index contributed by atoms with van der Waals surface area (Å²) in [6.07, 6.45) is 6.46. The number of hydrogen-bond donors (Lipinski definition) is 1. The summed E-state index contributed by atoms with van der Waals surface area (Å²) in [5.41, 5.74) is 3.64. The lowest BCUT2D eigenvalue weighted by Gasteiger charge is -2.38. The molecule has 2 aliphatic rings. The molecule has 2 bridgehead atoms. The third-order valence-corrected chi connectivity index (χ3v) is 6.44. The van der Waals surface area contributed by atoms with E-state index in [2.05, 4.69) is 46.3 Å². The zero-order valence-corrected chi connectivity index (χ0v) is 15.6. The molecule has 2 aliphatic heterocycles. The summed E-state index contributed by atoms with van der Waals surface area (Å²) in [4.78, 5) is 11.0. The number of aromatic nitrogens is 2. The molecule has 2 saturated heterocycles. The molecule has 4 heteroatoms. The summed E-state index contributed by atoms with van der Waals surface area (Å²) in [6.45, 7) is 0.956. The van der Waals surface area contributed by atoms with Gasteiger partial charge in [0.15, 0.2) is 0 Å². The molecule has 5 rings (SSSR count). The van der Waals surface area contributed by atoms with Gasteiger partial charge in [0.2, 0.25) is 0 Å². The van der Waals surface area contributed by atoms with Crippen LogP contribution in [-0.2, 0) is 13.0 Å². The van der Waals surface area contributed by atoms with Crippen LogP contribution in [-0.4, -0.2) is 27.0 Å². The maximum atomic E-state index is 6.02. The van der Waals surface area contributed by atoms with Crippen LogP contribution in [0.4, 0.5) is 0 Å². The number of fused-ring (bicyclic) bond motifs is 3. The second-order valence-electron chi connectivity index (χ2n) is 7.93. The fourth-order valence-corrected chi connectivity index (χ4v) is 5.14. The number of rotatable bonds is 4. The molecule has 2 unspecified atom stereocenters. The van der Waals surface area contributed by atoms with E-state index in [1.54, 1.807) is 0 Å². The van der Waals surface area contributed by atoms with Crippen molar-refractivity contribution in [3.05, 3.63) is 64.9 Å². The van der Waals surface area contributed by atoms with Crippen molar-refractivity contribution in [3.63, 3.8) is 0 Å². The van der Waals surface area contributed by atoms with Crippen LogP contribution in [0.1, 0.15) is 37.1 Å². The number of halogens is 1. The van der Waals surface area contributed by atoms with Crippen LogP contribution >= 0.6 is 11.6 Å². The fraction of sp³-hybridized carbons (Fsp3) is 0.409. The fourth-order valence-electron chi connectivity index (χ4n) is 5.02. The minimum absolute atomic E-state index is 0.708. The van der Waals surface area contributed by atoms with Gasteiger partial charge < -0.3 is 4.98 Å². The average Bonchev–Trinajstić information content (AvgIpc) is 3.15. The average molecular weight is 366 g/mol. The molecule has 0 amide bonds. The molecule has 2 atom stereocenters. The molecule has 0 spiro atoms. The summed E-state index contributed by atoms with van der Waals surface area (Å²) in [5.74, 6) is 1.90. The molecule has 0 radical (unpaired) electrons. The van der Waals surface area contributed by atoms with E-state index in [0.29, 0.717) is 12.1 Å². The smallest absolute Gasteiger partial charge is 0.121 e. The normalized spacial score (nSPS) is 25.8. The first kappa shape index (κ1) is 16.3. The lowest BCUT2D eigenvalue weighted by Crippen LogP contribution is -2.42. The first-order valence-electron chi connectivity index (χ1n) is 9.68. The topological polar surface area (TPSA) is 31.9 Å². The van der Waals surface area contributed by atoms with Crippen LogP contribution in [0.15, 0.2) is 48.5 Å². The number of H-pyrrole nitrogens is 1. The van der Waals surface area contributed by atoms with Crippen molar-refractivity contribution in [3.8, 4) is 0 Å². The van der Waals surface area contributed by atoms with E-state index >= 15 is 0 Å². The van der Waals surface area contributed by atoms with E-state index in [1.165, 1.54) is 37.7 Å². The third kappa shape index (κ3) is 3.15. The van der Waals surface area contributed by atoms with Crippen LogP contribution in [0.25, 0.3) is 11.0 Å². The van der Waals surface area contributed by atoms with Crippen LogP contribution in [0.2, 0.25) is 5.02 Å². The SMILES string of the molecule is Clc1ccc(CC2CC3CCC(C2)N3Cc2nc3ccccc3[nH]2)cc1. The summed E-state index contributed by atoms with van der Waals surface area (Å²) in [7, 11) is 0. The van der Waals surface area contributed by atoms with Gasteiger partial charge in [0.25, 0.3) is 0 Å². The molecular weight excluding hydrogens is 342 g/mol. The molecule has 2 fully saturated rings. The van der Waals surface area contributed by atoms with Crippen molar-refractivity contribution in [1.82, 2.24) is 14.9 Å². The summed E-state index contributed by atoms with van der Waals surface area (Å²) in [6, 6.07) is 18.1. The number of para-hydroxylation sites is 2. The molecule has 0 saturated carbocycles. The quantitative estimate of drug-likeness (QED) is 0.688. The van der Waals surface area contributed by atoms with Crippen molar-refractivity contribution >= 4 is 22.6 Å². The standard InChI is InChI=1S/C22H24ClN3/c23-17-7-5-15(6-8-17)11-16-12-18-9-10-19(13-16)26(18)14-22-24-20-3-1-2-4-21(20)25-22/h1-8,16,18-19H,9-14H2,(H,24,25). The maximum absolute atomic E-state index is 6.02. The van der Waals surface area contributed by atoms with Gasteiger partial charge in [0, 0.05) is 17.1 Å². The van der Waals surface area contributed by atoms with Crippen LogP contribution < -0.4 is 0 Å². The number of piperidine rings is 1. The second kappa shape index (κ2) is 6.71. The summed E-state index contributed by atoms with van der Waals surface area (Å²) < 4.78 is 0. The maximum Gasteiger partial charge on any atom is 0.121 e. The van der Waals surface area contributed by atoms with Gasteiger partial charge in [-0.15, -0.1) is 0 Å². The molecule has 1 aromatic heterocycles. The van der Waals surface area contributed by atoms with Crippen molar-refractivity contribution in [2.24, 2.45) is 5.92 Å². The van der Waals surface area contributed by atoms with Crippen molar-refractivity contribution in [2.75, 3.05) is 0 Å². The van der Waals surface area contributed by atoms with Crippen molar-refractivity contribution in [2.45, 2.75) is 50.7 Å². The van der Waals surface area contributed by atoms with Crippen molar-refractivity contribution in [1.29, 1.82) is 0 Å². The number of hydrogen-bond acceptors (Lipinski definition) is 2. The Morgan fingerprint density at radius 2 is 1.73 bits per heavy atom. The predicted octanol–water partition coefficient (Wildman–Crippen LogP) is 5.20. The summed E-state index contributed by atoms with van der Waals surface area (Å²) in [5, 5.41) is 0.828. The molecule has 1 N–H and O–H groups in total. The van der Waals surface area contributed by atoms with Gasteiger partial charge in [0.1, 0.15) is 5.82 Å². The Labute approximate surface area is 159 Å². The second-order valence-corrected chi connectivity index (χ2v) is 8.36. The van der Waals surface area contributed by atoms with Gasteiger partial charge in [-0.2, -0.15) is 0 Å². The first-order chi connectivity index (χ1) is 12.7. The van der Waals surface area contributed by atoms with Crippen LogP contribution in [0.3, 0.4) is 0 Å². The highest BCUT2D eigenvalue weighted by atomic mass is 35.5. The molecule has 26 heavy (non-hydrogen) atoms. The van der Waals surface area contributed by atoms with E-state index in [1.807, 2.05) is 12.1 Å². The van der Waals surface area contributed by atoms with E-state index < -0.39 is 0 Å². The molecule has 3 aromatic rings. The zero-order valence-electron chi connectivity index (χ0n) is 14.9. The zero-order chi connectivity index (χ0) is 17.5. The van der Waals surface area contributed by atoms with Crippen molar-refractivity contribution < 1.29 is 0 Å². The number of nitrogens with one attached hydrogen (secondary N) is 1. The first-order valence-corrected chi connectivity index (χ1v) is 10.1. The highest BCUT2D eigenvalue weighted by Gasteiger charge is 2.40. The lowest BCUT2D eigenvalue weighted by molar-refractivity contribution is 0.0937. The van der Waals surface area contributed by atoms with Gasteiger partial charge in [0.05, 0.1) is 17.6 Å². The Bertz CT molecular complexity index is 854. The van der Waals surface area contributed by atoms with Crippen LogP contribution in [0, 0.1) is 5.92 Å². The Balaban J connectivity index is 1.27. The minimum Gasteiger partial charge on any atom is -0.341 e. The van der Waals surface area contributed by atoms with E-state index in [-0.39, 0.29) is 0 Å². The Hall–Kier alpha value is -1.84. The monoisotopic (exact) mass is 365 g/mol. The molecule has 0 aliphatic carbocycles. The van der Waals surface area contributed by atoms with Crippen LogP contribution in [0.5, 0.6) is 0 Å². The molecule has 3 nitrogen and oxygen atoms in total. The summed E-state index contributed by atoms with van der Waals surface area (Å²) >= 11 is 6.02. The lowest BCUT2D eigenvalue weighted by atomic mass is 9.86. The third-order valence-electron chi connectivity index (χ3n) is 6.19. The largest absolute Gasteiger partial charge is 0.341 e. The Morgan fingerprint density at radius 1 is 1.00 bits per heavy atom. The molecule has 134 valence electrons. The number of imidazole rings is 1. The van der Waals surface area contributed by atoms with Gasteiger partial charge in [-0.3, -0.25) is 4.90 Å². The minimum atomic E-state index is 0.708.